The van der Waals surface area contributed by atoms with E-state index in [1.165, 1.54) is 0 Å². The van der Waals surface area contributed by atoms with Crippen molar-refractivity contribution in [2.75, 3.05) is 13.1 Å². The molecule has 2 aromatic rings. The third-order valence-electron chi connectivity index (χ3n) is 3.90. The molecule has 24 heavy (non-hydrogen) atoms. The number of aromatic nitrogens is 3. The van der Waals surface area contributed by atoms with Crippen LogP contribution in [0.15, 0.2) is 22.7 Å². The second-order valence-corrected chi connectivity index (χ2v) is 6.30. The molecule has 0 aromatic carbocycles. The van der Waals surface area contributed by atoms with Crippen LogP contribution in [0.5, 0.6) is 5.88 Å². The molecule has 1 fully saturated rings. The lowest BCUT2D eigenvalue weighted by molar-refractivity contribution is 0.0688. The molecule has 1 amide bonds. The largest absolute Gasteiger partial charge is 0.475 e. The molecular weight excluding hydrogens is 308 g/mol. The Morgan fingerprint density at radius 3 is 2.92 bits per heavy atom. The van der Waals surface area contributed by atoms with Gasteiger partial charge in [-0.05, 0) is 39.7 Å². The fourth-order valence-electron chi connectivity index (χ4n) is 2.85. The van der Waals surface area contributed by atoms with Crippen molar-refractivity contribution in [1.82, 2.24) is 20.0 Å². The van der Waals surface area contributed by atoms with Gasteiger partial charge in [-0.2, -0.15) is 4.98 Å². The number of carbonyl (C=O) groups excluding carboxylic acids is 1. The van der Waals surface area contributed by atoms with E-state index in [-0.39, 0.29) is 17.9 Å². The Kier molecular flexibility index (Phi) is 4.78. The van der Waals surface area contributed by atoms with Crippen LogP contribution in [0, 0.1) is 6.92 Å². The molecule has 0 spiro atoms. The highest BCUT2D eigenvalue weighted by atomic mass is 16.5. The Balaban J connectivity index is 1.72. The lowest BCUT2D eigenvalue weighted by atomic mass is 9.97. The number of piperidine rings is 1. The summed E-state index contributed by atoms with van der Waals surface area (Å²) in [5, 5.41) is 3.84. The van der Waals surface area contributed by atoms with Gasteiger partial charge in [-0.15, -0.1) is 0 Å². The summed E-state index contributed by atoms with van der Waals surface area (Å²) in [5.74, 6) is 1.68. The predicted molar refractivity (Wildman–Crippen MR) is 86.9 cm³/mol. The minimum absolute atomic E-state index is 0.0167. The number of rotatable bonds is 4. The highest BCUT2D eigenvalue weighted by molar-refractivity contribution is 5.92. The zero-order valence-corrected chi connectivity index (χ0v) is 14.2. The fraction of sp³-hybridized carbons (Fsp3) is 0.529. The van der Waals surface area contributed by atoms with Gasteiger partial charge in [0.15, 0.2) is 5.82 Å². The molecule has 128 valence electrons. The molecule has 2 aromatic heterocycles. The molecular formula is C17H22N4O3. The first-order chi connectivity index (χ1) is 11.5. The Bertz CT molecular complexity index is 713. The van der Waals surface area contributed by atoms with Crippen LogP contribution >= 0.6 is 0 Å². The number of likely N-dealkylation sites (tertiary alicyclic amines) is 1. The van der Waals surface area contributed by atoms with Crippen LogP contribution in [0.2, 0.25) is 0 Å². The molecule has 0 N–H and O–H groups in total. The third-order valence-corrected chi connectivity index (χ3v) is 3.90. The maximum atomic E-state index is 12.8. The summed E-state index contributed by atoms with van der Waals surface area (Å²) in [4.78, 5) is 23.2. The SMILES string of the molecule is Cc1noc(C2CCCN(C(=O)c3cccc(OC(C)C)n3)C2)n1. The molecule has 1 aliphatic rings. The number of aryl methyl sites for hydroxylation is 1. The van der Waals surface area contributed by atoms with E-state index in [0.717, 1.165) is 12.8 Å². The van der Waals surface area contributed by atoms with Crippen LogP contribution in [0.4, 0.5) is 0 Å². The number of hydrogen-bond donors (Lipinski definition) is 0. The molecule has 1 aliphatic heterocycles. The summed E-state index contributed by atoms with van der Waals surface area (Å²) in [5.41, 5.74) is 0.399. The molecule has 0 bridgehead atoms. The zero-order chi connectivity index (χ0) is 17.1. The van der Waals surface area contributed by atoms with E-state index >= 15 is 0 Å². The smallest absolute Gasteiger partial charge is 0.272 e. The van der Waals surface area contributed by atoms with Crippen molar-refractivity contribution in [2.45, 2.75) is 45.6 Å². The molecule has 0 radical (unpaired) electrons. The molecule has 1 unspecified atom stereocenters. The summed E-state index contributed by atoms with van der Waals surface area (Å²) in [6, 6.07) is 5.27. The van der Waals surface area contributed by atoms with E-state index < -0.39 is 0 Å². The summed E-state index contributed by atoms with van der Waals surface area (Å²) in [6.07, 6.45) is 1.86. The van der Waals surface area contributed by atoms with E-state index in [2.05, 4.69) is 15.1 Å². The first kappa shape index (κ1) is 16.4. The van der Waals surface area contributed by atoms with Gasteiger partial charge in [0.25, 0.3) is 5.91 Å². The average molecular weight is 330 g/mol. The number of pyridine rings is 1. The van der Waals surface area contributed by atoms with Crippen LogP contribution in [0.25, 0.3) is 0 Å². The van der Waals surface area contributed by atoms with E-state index in [1.54, 1.807) is 30.0 Å². The van der Waals surface area contributed by atoms with Gasteiger partial charge < -0.3 is 14.2 Å². The minimum Gasteiger partial charge on any atom is -0.475 e. The van der Waals surface area contributed by atoms with Crippen LogP contribution in [0.3, 0.4) is 0 Å². The van der Waals surface area contributed by atoms with E-state index in [9.17, 15) is 4.79 Å². The zero-order valence-electron chi connectivity index (χ0n) is 14.2. The van der Waals surface area contributed by atoms with Gasteiger partial charge >= 0.3 is 0 Å². The highest BCUT2D eigenvalue weighted by Crippen LogP contribution is 2.26. The topological polar surface area (TPSA) is 81.4 Å². The summed E-state index contributed by atoms with van der Waals surface area (Å²) in [6.45, 7) is 6.93. The number of amides is 1. The third kappa shape index (κ3) is 3.72. The Morgan fingerprint density at radius 1 is 1.38 bits per heavy atom. The first-order valence-electron chi connectivity index (χ1n) is 8.26. The molecule has 7 heteroatoms. The quantitative estimate of drug-likeness (QED) is 0.857. The number of carbonyl (C=O) groups is 1. The Morgan fingerprint density at radius 2 is 2.21 bits per heavy atom. The molecule has 1 saturated heterocycles. The summed E-state index contributed by atoms with van der Waals surface area (Å²) in [7, 11) is 0. The molecule has 3 rings (SSSR count). The molecule has 0 saturated carbocycles. The summed E-state index contributed by atoms with van der Waals surface area (Å²) >= 11 is 0. The van der Waals surface area contributed by atoms with Crippen molar-refractivity contribution in [3.63, 3.8) is 0 Å². The second-order valence-electron chi connectivity index (χ2n) is 6.30. The Hall–Kier alpha value is -2.44. The van der Waals surface area contributed by atoms with Crippen LogP contribution in [-0.2, 0) is 0 Å². The van der Waals surface area contributed by atoms with Crippen molar-refractivity contribution in [1.29, 1.82) is 0 Å². The standard InChI is InChI=1S/C17H22N4O3/c1-11(2)23-15-8-4-7-14(19-15)17(22)21-9-5-6-13(10-21)16-18-12(3)20-24-16/h4,7-8,11,13H,5-6,9-10H2,1-3H3. The average Bonchev–Trinajstić information content (AvgIpc) is 3.00. The van der Waals surface area contributed by atoms with Crippen molar-refractivity contribution in [3.8, 4) is 5.88 Å². The predicted octanol–water partition coefficient (Wildman–Crippen LogP) is 2.58. The van der Waals surface area contributed by atoms with Gasteiger partial charge in [0.2, 0.25) is 11.8 Å². The van der Waals surface area contributed by atoms with Crippen LogP contribution < -0.4 is 4.74 Å². The van der Waals surface area contributed by atoms with Gasteiger partial charge in [0.1, 0.15) is 5.69 Å². The molecule has 7 nitrogen and oxygen atoms in total. The van der Waals surface area contributed by atoms with Crippen molar-refractivity contribution < 1.29 is 14.1 Å². The fourth-order valence-corrected chi connectivity index (χ4v) is 2.85. The summed E-state index contributed by atoms with van der Waals surface area (Å²) < 4.78 is 10.8. The van der Waals surface area contributed by atoms with Crippen molar-refractivity contribution >= 4 is 5.91 Å². The Labute approximate surface area is 141 Å². The normalized spacial score (nSPS) is 18.0. The molecule has 1 atom stereocenters. The van der Waals surface area contributed by atoms with Gasteiger partial charge in [-0.25, -0.2) is 4.98 Å². The second kappa shape index (κ2) is 6.98. The minimum atomic E-state index is -0.0925. The number of ether oxygens (including phenoxy) is 1. The van der Waals surface area contributed by atoms with E-state index in [1.807, 2.05) is 13.8 Å². The van der Waals surface area contributed by atoms with Crippen molar-refractivity contribution in [3.05, 3.63) is 35.6 Å². The van der Waals surface area contributed by atoms with Crippen molar-refractivity contribution in [2.24, 2.45) is 0 Å². The number of hydrogen-bond acceptors (Lipinski definition) is 6. The van der Waals surface area contributed by atoms with E-state index in [4.69, 9.17) is 9.26 Å². The molecule has 0 aliphatic carbocycles. The van der Waals surface area contributed by atoms with Gasteiger partial charge in [0.05, 0.1) is 12.0 Å². The lowest BCUT2D eigenvalue weighted by Crippen LogP contribution is -2.39. The first-order valence-corrected chi connectivity index (χ1v) is 8.26. The number of nitrogens with zero attached hydrogens (tertiary/aromatic N) is 4. The highest BCUT2D eigenvalue weighted by Gasteiger charge is 2.29. The lowest BCUT2D eigenvalue weighted by Gasteiger charge is -2.30. The van der Waals surface area contributed by atoms with Crippen LogP contribution in [0.1, 0.15) is 54.8 Å². The van der Waals surface area contributed by atoms with Crippen LogP contribution in [-0.4, -0.2) is 45.1 Å². The van der Waals surface area contributed by atoms with E-state index in [0.29, 0.717) is 36.4 Å². The molecule has 3 heterocycles. The monoisotopic (exact) mass is 330 g/mol. The van der Waals surface area contributed by atoms with Gasteiger partial charge in [-0.3, -0.25) is 4.79 Å². The maximum absolute atomic E-state index is 12.8. The maximum Gasteiger partial charge on any atom is 0.272 e. The van der Waals surface area contributed by atoms with Gasteiger partial charge in [0, 0.05) is 19.2 Å². The van der Waals surface area contributed by atoms with Gasteiger partial charge in [-0.1, -0.05) is 11.2 Å².